The summed E-state index contributed by atoms with van der Waals surface area (Å²) in [6, 6.07) is 12.9. The summed E-state index contributed by atoms with van der Waals surface area (Å²) in [6.45, 7) is 4.22. The molecule has 25 heavy (non-hydrogen) atoms. The van der Waals surface area contributed by atoms with Crippen LogP contribution in [0.4, 0.5) is 5.69 Å². The van der Waals surface area contributed by atoms with E-state index in [0.717, 1.165) is 10.6 Å². The molecule has 0 saturated carbocycles. The van der Waals surface area contributed by atoms with Gasteiger partial charge in [-0.05, 0) is 49.7 Å². The van der Waals surface area contributed by atoms with Crippen molar-refractivity contribution in [3.63, 3.8) is 0 Å². The van der Waals surface area contributed by atoms with E-state index in [2.05, 4.69) is 35.0 Å². The molecule has 0 fully saturated rings. The van der Waals surface area contributed by atoms with Gasteiger partial charge in [-0.3, -0.25) is 20.4 Å². The van der Waals surface area contributed by atoms with Gasteiger partial charge in [-0.15, -0.1) is 11.8 Å². The predicted octanol–water partition coefficient (Wildman–Crippen LogP) is 2.99. The van der Waals surface area contributed by atoms with Gasteiger partial charge in [0.1, 0.15) is 11.4 Å². The molecule has 3 N–H and O–H groups in total. The first kappa shape index (κ1) is 20.7. The van der Waals surface area contributed by atoms with E-state index in [-0.39, 0.29) is 11.4 Å². The molecule has 1 aromatic heterocycles. The van der Waals surface area contributed by atoms with E-state index >= 15 is 0 Å². The van der Waals surface area contributed by atoms with Gasteiger partial charge in [0.15, 0.2) is 6.29 Å². The molecular formula is C18H24N4O2S. The van der Waals surface area contributed by atoms with E-state index < -0.39 is 5.91 Å². The Morgan fingerprint density at radius 2 is 1.80 bits per heavy atom. The van der Waals surface area contributed by atoms with Crippen LogP contribution in [0.3, 0.4) is 0 Å². The highest BCUT2D eigenvalue weighted by atomic mass is 32.2. The minimum absolute atomic E-state index is 0.183. The first-order valence-corrected chi connectivity index (χ1v) is 9.02. The molecule has 0 bridgehead atoms. The van der Waals surface area contributed by atoms with Gasteiger partial charge in [0.2, 0.25) is 0 Å². The summed E-state index contributed by atoms with van der Waals surface area (Å²) >= 11 is 1.64. The molecule has 1 aromatic carbocycles. The molecule has 1 heterocycles. The third kappa shape index (κ3) is 7.82. The fraction of sp³-hybridized carbons (Fsp3) is 0.278. The normalized spacial score (nSPS) is 9.80. The number of anilines is 1. The van der Waals surface area contributed by atoms with E-state index in [4.69, 9.17) is 0 Å². The highest BCUT2D eigenvalue weighted by Crippen LogP contribution is 2.16. The van der Waals surface area contributed by atoms with Crippen LogP contribution in [0.2, 0.25) is 0 Å². The number of carbonyl (C=O) groups is 2. The molecule has 0 aliphatic carbocycles. The number of hydrogen-bond acceptors (Lipinski definition) is 6. The Hall–Kier alpha value is -2.38. The number of aldehydes is 1. The van der Waals surface area contributed by atoms with Crippen LogP contribution in [0, 0.1) is 0 Å². The number of hydrazine groups is 1. The molecule has 0 radical (unpaired) electrons. The largest absolute Gasteiger partial charge is 0.318 e. The van der Waals surface area contributed by atoms with Crippen LogP contribution in [-0.2, 0) is 0 Å². The molecule has 0 unspecified atom stereocenters. The number of nitrogens with zero attached hydrogens (tertiary/aromatic N) is 1. The average molecular weight is 360 g/mol. The number of hydrogen-bond donors (Lipinski definition) is 3. The molecule has 0 aliphatic rings. The van der Waals surface area contributed by atoms with Crippen LogP contribution >= 0.6 is 11.8 Å². The summed E-state index contributed by atoms with van der Waals surface area (Å²) in [5, 5.41) is 3.03. The zero-order valence-electron chi connectivity index (χ0n) is 14.9. The van der Waals surface area contributed by atoms with Crippen molar-refractivity contribution < 1.29 is 9.59 Å². The smallest absolute Gasteiger partial charge is 0.288 e. The Labute approximate surface area is 152 Å². The molecule has 1 amide bonds. The SMILES string of the molecule is CNC(C)C.CSc1ccc(NNC(=O)c2cccc(C=O)n2)cc1. The van der Waals surface area contributed by atoms with Crippen LogP contribution in [-0.4, -0.2) is 36.5 Å². The zero-order chi connectivity index (χ0) is 18.7. The number of rotatable bonds is 6. The second-order valence-corrected chi connectivity index (χ2v) is 6.20. The lowest BCUT2D eigenvalue weighted by molar-refractivity contribution is 0.0957. The second kappa shape index (κ2) is 11.2. The maximum atomic E-state index is 11.9. The Balaban J connectivity index is 0.000000550. The molecule has 0 aliphatic heterocycles. The average Bonchev–Trinajstić information content (AvgIpc) is 2.66. The molecule has 0 atom stereocenters. The summed E-state index contributed by atoms with van der Waals surface area (Å²) in [5.41, 5.74) is 6.50. The van der Waals surface area contributed by atoms with E-state index in [9.17, 15) is 9.59 Å². The molecule has 134 valence electrons. The number of amides is 1. The van der Waals surface area contributed by atoms with E-state index in [1.807, 2.05) is 37.6 Å². The van der Waals surface area contributed by atoms with Crippen LogP contribution in [0.5, 0.6) is 0 Å². The van der Waals surface area contributed by atoms with Crippen LogP contribution in [0.1, 0.15) is 34.8 Å². The van der Waals surface area contributed by atoms with Gasteiger partial charge >= 0.3 is 0 Å². The Morgan fingerprint density at radius 3 is 2.32 bits per heavy atom. The summed E-state index contributed by atoms with van der Waals surface area (Å²) in [5.74, 6) is -0.400. The first-order valence-electron chi connectivity index (χ1n) is 7.80. The molecule has 2 rings (SSSR count). The topological polar surface area (TPSA) is 83.1 Å². The minimum atomic E-state index is -0.400. The molecule has 7 heteroatoms. The van der Waals surface area contributed by atoms with Crippen molar-refractivity contribution in [3.8, 4) is 0 Å². The lowest BCUT2D eigenvalue weighted by Crippen LogP contribution is -2.30. The maximum Gasteiger partial charge on any atom is 0.288 e. The van der Waals surface area contributed by atoms with Crippen molar-refractivity contribution in [1.29, 1.82) is 0 Å². The highest BCUT2D eigenvalue weighted by molar-refractivity contribution is 7.98. The van der Waals surface area contributed by atoms with E-state index in [1.54, 1.807) is 30.0 Å². The second-order valence-electron chi connectivity index (χ2n) is 5.32. The number of thioether (sulfide) groups is 1. The number of pyridine rings is 1. The van der Waals surface area contributed by atoms with E-state index in [0.29, 0.717) is 12.3 Å². The third-order valence-electron chi connectivity index (χ3n) is 3.11. The van der Waals surface area contributed by atoms with Crippen molar-refractivity contribution in [2.24, 2.45) is 0 Å². The van der Waals surface area contributed by atoms with Gasteiger partial charge in [0.05, 0.1) is 5.69 Å². The summed E-state index contributed by atoms with van der Waals surface area (Å²) < 4.78 is 0. The lowest BCUT2D eigenvalue weighted by atomic mass is 10.3. The minimum Gasteiger partial charge on any atom is -0.318 e. The standard InChI is InChI=1S/C14H13N3O2S.C4H11N/c1-20-12-7-5-10(6-8-12)16-17-14(19)13-4-2-3-11(9-18)15-13;1-4(2)5-3/h2-9,16H,1H3,(H,17,19);4-5H,1-3H3. The lowest BCUT2D eigenvalue weighted by Gasteiger charge is -2.08. The number of benzene rings is 1. The monoisotopic (exact) mass is 360 g/mol. The zero-order valence-corrected chi connectivity index (χ0v) is 15.7. The summed E-state index contributed by atoms with van der Waals surface area (Å²) in [4.78, 5) is 27.5. The Bertz CT molecular complexity index is 675. The molecule has 0 spiro atoms. The van der Waals surface area contributed by atoms with Crippen LogP contribution < -0.4 is 16.2 Å². The van der Waals surface area contributed by atoms with Gasteiger partial charge in [0.25, 0.3) is 5.91 Å². The summed E-state index contributed by atoms with van der Waals surface area (Å²) in [7, 11) is 1.95. The van der Waals surface area contributed by atoms with Crippen molar-refractivity contribution in [2.75, 3.05) is 18.7 Å². The fourth-order valence-corrected chi connectivity index (χ4v) is 1.92. The number of carbonyl (C=O) groups excluding carboxylic acids is 2. The van der Waals surface area contributed by atoms with Crippen molar-refractivity contribution in [3.05, 3.63) is 53.9 Å². The Morgan fingerprint density at radius 1 is 1.16 bits per heavy atom. The van der Waals surface area contributed by atoms with Crippen molar-refractivity contribution >= 4 is 29.6 Å². The van der Waals surface area contributed by atoms with Crippen LogP contribution in [0.25, 0.3) is 0 Å². The predicted molar refractivity (Wildman–Crippen MR) is 103 cm³/mol. The van der Waals surface area contributed by atoms with Gasteiger partial charge in [-0.2, -0.15) is 0 Å². The molecule has 2 aromatic rings. The quantitative estimate of drug-likeness (QED) is 0.417. The van der Waals surface area contributed by atoms with Gasteiger partial charge in [-0.25, -0.2) is 4.98 Å². The number of aromatic nitrogens is 1. The summed E-state index contributed by atoms with van der Waals surface area (Å²) in [6.07, 6.45) is 2.60. The molecule has 6 nitrogen and oxygen atoms in total. The van der Waals surface area contributed by atoms with Gasteiger partial charge in [-0.1, -0.05) is 19.9 Å². The van der Waals surface area contributed by atoms with Crippen LogP contribution in [0.15, 0.2) is 47.4 Å². The van der Waals surface area contributed by atoms with Crippen molar-refractivity contribution in [2.45, 2.75) is 24.8 Å². The third-order valence-corrected chi connectivity index (χ3v) is 3.86. The van der Waals surface area contributed by atoms with Gasteiger partial charge < -0.3 is 5.32 Å². The fourth-order valence-electron chi connectivity index (χ4n) is 1.51. The molecular weight excluding hydrogens is 336 g/mol. The Kier molecular flexibility index (Phi) is 9.28. The highest BCUT2D eigenvalue weighted by Gasteiger charge is 2.07. The first-order chi connectivity index (χ1) is 12.0. The van der Waals surface area contributed by atoms with Crippen molar-refractivity contribution in [1.82, 2.24) is 15.7 Å². The van der Waals surface area contributed by atoms with Gasteiger partial charge in [0, 0.05) is 10.9 Å². The maximum absolute atomic E-state index is 11.9. The molecule has 0 saturated heterocycles. The number of nitrogens with one attached hydrogen (secondary N) is 3. The van der Waals surface area contributed by atoms with E-state index in [1.165, 1.54) is 0 Å².